The molecule has 0 atom stereocenters. The minimum absolute atomic E-state index is 0.134. The Morgan fingerprint density at radius 1 is 1.11 bits per heavy atom. The first-order chi connectivity index (χ1) is 16.7. The van der Waals surface area contributed by atoms with Gasteiger partial charge < -0.3 is 5.32 Å². The van der Waals surface area contributed by atoms with Gasteiger partial charge in [0.05, 0.1) is 39.9 Å². The van der Waals surface area contributed by atoms with Crippen LogP contribution >= 0.6 is 0 Å². The molecule has 190 valence electrons. The van der Waals surface area contributed by atoms with Gasteiger partial charge in [0.1, 0.15) is 17.5 Å². The Labute approximate surface area is 201 Å². The lowest BCUT2D eigenvalue weighted by molar-refractivity contribution is -0.137. The van der Waals surface area contributed by atoms with Crippen LogP contribution in [0.1, 0.15) is 38.0 Å². The van der Waals surface area contributed by atoms with Crippen molar-refractivity contribution in [2.75, 3.05) is 11.1 Å². The van der Waals surface area contributed by atoms with E-state index >= 15 is 4.39 Å². The molecule has 0 radical (unpaired) electrons. The van der Waals surface area contributed by atoms with E-state index in [0.29, 0.717) is 4.09 Å². The number of alkyl halides is 3. The zero-order valence-corrected chi connectivity index (χ0v) is 20.2. The van der Waals surface area contributed by atoms with Gasteiger partial charge in [-0.15, -0.1) is 10.2 Å². The molecule has 2 aromatic heterocycles. The molecule has 0 unspecified atom stereocenters. The number of rotatable bonds is 3. The van der Waals surface area contributed by atoms with Crippen molar-refractivity contribution in [1.82, 2.24) is 24.0 Å². The summed E-state index contributed by atoms with van der Waals surface area (Å²) < 4.78 is 101. The van der Waals surface area contributed by atoms with Crippen molar-refractivity contribution in [2.24, 2.45) is 0 Å². The summed E-state index contributed by atoms with van der Waals surface area (Å²) in [6, 6.07) is 2.45. The van der Waals surface area contributed by atoms with E-state index in [4.69, 9.17) is 0 Å². The maximum atomic E-state index is 15.6. The van der Waals surface area contributed by atoms with Crippen LogP contribution < -0.4 is 5.32 Å². The average molecular weight is 526 g/mol. The fourth-order valence-electron chi connectivity index (χ4n) is 4.55. The molecule has 3 heterocycles. The number of aryl methyl sites for hydroxylation is 1. The standard InChI is InChI=1S/C22H19F5N6O2S/c1-5-36(34,35)33-16-7-11(23)6-12(13(16)9-28-33)17-14(24)8-15-19(18(17)22(25,26)27)32-10(2)30-31-20(32)21(3,4)29-15/h6-9,29H,5H2,1-4H3. The lowest BCUT2D eigenvalue weighted by Gasteiger charge is -2.36. The lowest BCUT2D eigenvalue weighted by atomic mass is 9.91. The van der Waals surface area contributed by atoms with Gasteiger partial charge in [0.2, 0.25) is 0 Å². The van der Waals surface area contributed by atoms with E-state index in [2.05, 4.69) is 20.6 Å². The second-order valence-corrected chi connectivity index (χ2v) is 11.0. The summed E-state index contributed by atoms with van der Waals surface area (Å²) in [7, 11) is -4.02. The van der Waals surface area contributed by atoms with Gasteiger partial charge in [-0.2, -0.15) is 22.4 Å². The number of hydrogen-bond donors (Lipinski definition) is 1. The number of anilines is 1. The largest absolute Gasteiger partial charge is 0.419 e. The summed E-state index contributed by atoms with van der Waals surface area (Å²) >= 11 is 0. The predicted molar refractivity (Wildman–Crippen MR) is 121 cm³/mol. The Morgan fingerprint density at radius 3 is 2.44 bits per heavy atom. The molecular weight excluding hydrogens is 507 g/mol. The fourth-order valence-corrected chi connectivity index (χ4v) is 5.44. The third-order valence-corrected chi connectivity index (χ3v) is 7.66. The van der Waals surface area contributed by atoms with Crippen LogP contribution in [0.25, 0.3) is 27.7 Å². The van der Waals surface area contributed by atoms with Crippen molar-refractivity contribution in [3.63, 3.8) is 0 Å². The molecule has 0 spiro atoms. The average Bonchev–Trinajstić information content (AvgIpc) is 3.36. The quantitative estimate of drug-likeness (QED) is 0.388. The van der Waals surface area contributed by atoms with Crippen LogP contribution in [0.4, 0.5) is 27.6 Å². The van der Waals surface area contributed by atoms with E-state index in [-0.39, 0.29) is 28.2 Å². The predicted octanol–water partition coefficient (Wildman–Crippen LogP) is 4.75. The highest BCUT2D eigenvalue weighted by Gasteiger charge is 2.45. The minimum Gasteiger partial charge on any atom is -0.371 e. The molecule has 1 N–H and O–H groups in total. The molecule has 0 saturated heterocycles. The first-order valence-corrected chi connectivity index (χ1v) is 12.3. The summed E-state index contributed by atoms with van der Waals surface area (Å²) in [6.07, 6.45) is -4.13. The molecule has 0 saturated carbocycles. The molecule has 0 aliphatic carbocycles. The van der Waals surface area contributed by atoms with Crippen molar-refractivity contribution in [1.29, 1.82) is 0 Å². The smallest absolute Gasteiger partial charge is 0.371 e. The number of fused-ring (bicyclic) bond motifs is 4. The van der Waals surface area contributed by atoms with Crippen molar-refractivity contribution in [3.05, 3.63) is 53.2 Å². The summed E-state index contributed by atoms with van der Waals surface area (Å²) in [5.41, 5.74) is -4.71. The maximum absolute atomic E-state index is 15.6. The molecule has 2 aromatic carbocycles. The van der Waals surface area contributed by atoms with E-state index < -0.39 is 61.5 Å². The third kappa shape index (κ3) is 3.38. The van der Waals surface area contributed by atoms with Gasteiger partial charge in [0.25, 0.3) is 10.0 Å². The second kappa shape index (κ2) is 7.48. The first-order valence-electron chi connectivity index (χ1n) is 10.7. The van der Waals surface area contributed by atoms with Gasteiger partial charge in [-0.1, -0.05) is 0 Å². The first kappa shape index (κ1) is 24.2. The maximum Gasteiger partial charge on any atom is 0.419 e. The van der Waals surface area contributed by atoms with Gasteiger partial charge >= 0.3 is 6.18 Å². The van der Waals surface area contributed by atoms with Crippen LogP contribution in [0, 0.1) is 18.6 Å². The molecule has 4 aromatic rings. The van der Waals surface area contributed by atoms with E-state index in [1.54, 1.807) is 13.8 Å². The van der Waals surface area contributed by atoms with Gasteiger partial charge in [-0.3, -0.25) is 4.57 Å². The highest BCUT2D eigenvalue weighted by atomic mass is 32.2. The van der Waals surface area contributed by atoms with Crippen LogP contribution in [0.15, 0.2) is 24.4 Å². The zero-order valence-electron chi connectivity index (χ0n) is 19.4. The van der Waals surface area contributed by atoms with E-state index in [9.17, 15) is 26.0 Å². The molecular formula is C22H19F5N6O2S. The molecule has 0 fully saturated rings. The normalized spacial score (nSPS) is 15.0. The van der Waals surface area contributed by atoms with Crippen LogP contribution in [-0.2, 0) is 21.7 Å². The van der Waals surface area contributed by atoms with Gasteiger partial charge in [0, 0.05) is 17.0 Å². The van der Waals surface area contributed by atoms with Crippen LogP contribution in [0.3, 0.4) is 0 Å². The summed E-state index contributed by atoms with van der Waals surface area (Å²) in [6.45, 7) is 6.12. The van der Waals surface area contributed by atoms with Gasteiger partial charge in [-0.25, -0.2) is 17.2 Å². The van der Waals surface area contributed by atoms with Crippen molar-refractivity contribution >= 4 is 26.6 Å². The number of nitrogens with one attached hydrogen (secondary N) is 1. The highest BCUT2D eigenvalue weighted by Crippen LogP contribution is 2.50. The number of nitrogens with zero attached hydrogens (tertiary/aromatic N) is 5. The van der Waals surface area contributed by atoms with Gasteiger partial charge in [0.15, 0.2) is 5.82 Å². The monoisotopic (exact) mass is 526 g/mol. The molecule has 0 bridgehead atoms. The van der Waals surface area contributed by atoms with Gasteiger partial charge in [-0.05, 0) is 45.4 Å². The van der Waals surface area contributed by atoms with Crippen molar-refractivity contribution in [3.8, 4) is 16.8 Å². The molecule has 36 heavy (non-hydrogen) atoms. The Bertz CT molecular complexity index is 1670. The van der Waals surface area contributed by atoms with Crippen LogP contribution in [0.5, 0.6) is 0 Å². The molecule has 8 nitrogen and oxygen atoms in total. The highest BCUT2D eigenvalue weighted by molar-refractivity contribution is 7.89. The van der Waals surface area contributed by atoms with Crippen LogP contribution in [-0.4, -0.2) is 38.1 Å². The Kier molecular flexibility index (Phi) is 5.02. The number of aromatic nitrogens is 5. The SMILES string of the molecule is CCS(=O)(=O)n1ncc2c(-c3c(F)cc4c(c3C(F)(F)F)-n3c(C)nnc3C(C)(C)N4)cc(F)cc21. The summed E-state index contributed by atoms with van der Waals surface area (Å²) in [4.78, 5) is 0. The molecule has 0 amide bonds. The Balaban J connectivity index is 1.94. The Hall–Kier alpha value is -3.55. The van der Waals surface area contributed by atoms with E-state index in [0.717, 1.165) is 24.4 Å². The van der Waals surface area contributed by atoms with Crippen molar-refractivity contribution < 1.29 is 30.4 Å². The van der Waals surface area contributed by atoms with Crippen molar-refractivity contribution in [2.45, 2.75) is 39.4 Å². The minimum atomic E-state index is -5.11. The zero-order chi connectivity index (χ0) is 26.4. The number of halogens is 5. The summed E-state index contributed by atoms with van der Waals surface area (Å²) in [5, 5.41) is 14.4. The number of hydrogen-bond acceptors (Lipinski definition) is 6. The third-order valence-electron chi connectivity index (χ3n) is 6.11. The fraction of sp³-hybridized carbons (Fsp3) is 0.318. The van der Waals surface area contributed by atoms with E-state index in [1.165, 1.54) is 18.4 Å². The Morgan fingerprint density at radius 2 is 1.81 bits per heavy atom. The van der Waals surface area contributed by atoms with E-state index in [1.807, 2.05) is 0 Å². The second-order valence-electron chi connectivity index (χ2n) is 8.93. The topological polar surface area (TPSA) is 94.7 Å². The van der Waals surface area contributed by atoms with Crippen LogP contribution in [0.2, 0.25) is 0 Å². The number of benzene rings is 2. The molecule has 1 aliphatic heterocycles. The molecule has 14 heteroatoms. The molecule has 1 aliphatic rings. The summed E-state index contributed by atoms with van der Waals surface area (Å²) in [5.74, 6) is -2.43. The molecule has 5 rings (SSSR count). The lowest BCUT2D eigenvalue weighted by Crippen LogP contribution is -2.37.